The van der Waals surface area contributed by atoms with Crippen LogP contribution >= 0.6 is 0 Å². The van der Waals surface area contributed by atoms with E-state index in [0.717, 1.165) is 6.42 Å². The Morgan fingerprint density at radius 1 is 0.971 bits per heavy atom. The highest BCUT2D eigenvalue weighted by atomic mass is 16.4. The van der Waals surface area contributed by atoms with E-state index in [4.69, 9.17) is 5.11 Å². The molecule has 2 atom stereocenters. The van der Waals surface area contributed by atoms with Crippen LogP contribution in [-0.2, 0) is 28.8 Å². The minimum absolute atomic E-state index is 0.172. The molecule has 0 bridgehead atoms. The Bertz CT molecular complexity index is 755. The maximum Gasteiger partial charge on any atom is 0.305 e. The molecule has 13 nitrogen and oxygen atoms in total. The van der Waals surface area contributed by atoms with Gasteiger partial charge in [0.1, 0.15) is 17.9 Å². The van der Waals surface area contributed by atoms with Gasteiger partial charge in [-0.05, 0) is 46.3 Å². The Balaban J connectivity index is 2.87. The Hall–Kier alpha value is -3.06. The number of hydrogen-bond donors (Lipinski definition) is 7. The van der Waals surface area contributed by atoms with Gasteiger partial charge in [0.15, 0.2) is 0 Å². The van der Waals surface area contributed by atoms with Crippen LogP contribution < -0.4 is 31.9 Å². The highest BCUT2D eigenvalue weighted by Gasteiger charge is 2.42. The molecule has 35 heavy (non-hydrogen) atoms. The molecule has 1 saturated carbocycles. The number of carbonyl (C=O) groups excluding carboxylic acids is 5. The van der Waals surface area contributed by atoms with Gasteiger partial charge in [0.05, 0.1) is 25.6 Å². The number of nitrogens with one attached hydrogen (secondary N) is 6. The van der Waals surface area contributed by atoms with Crippen molar-refractivity contribution in [3.8, 4) is 0 Å². The van der Waals surface area contributed by atoms with Gasteiger partial charge in [0.2, 0.25) is 23.6 Å². The molecule has 1 aliphatic carbocycles. The number of hydrogen-bond acceptors (Lipinski definition) is 8. The van der Waals surface area contributed by atoms with E-state index >= 15 is 0 Å². The van der Waals surface area contributed by atoms with E-state index in [0.29, 0.717) is 51.4 Å². The third-order valence-corrected chi connectivity index (χ3v) is 5.89. The van der Waals surface area contributed by atoms with Crippen LogP contribution in [0, 0.1) is 0 Å². The molecule has 198 valence electrons. The predicted octanol–water partition coefficient (Wildman–Crippen LogP) is -2.22. The van der Waals surface area contributed by atoms with Gasteiger partial charge in [-0.3, -0.25) is 24.0 Å². The number of aliphatic carboxylic acids is 1. The second-order valence-corrected chi connectivity index (χ2v) is 8.53. The summed E-state index contributed by atoms with van der Waals surface area (Å²) in [4.78, 5) is 72.2. The minimum Gasteiger partial charge on any atom is -0.481 e. The van der Waals surface area contributed by atoms with Crippen LogP contribution in [0.1, 0.15) is 51.4 Å². The third-order valence-electron chi connectivity index (χ3n) is 5.89. The fraction of sp³-hybridized carbons (Fsp3) is 0.727. The SMILES string of the molecule is CNCCCC(NC(=O)C1(NC(=O)CNC(=O)C(CC(=O)O)NC)CCCCC1)C(=O)NCC=O. The lowest BCUT2D eigenvalue weighted by Crippen LogP contribution is -2.63. The molecule has 7 N–H and O–H groups in total. The van der Waals surface area contributed by atoms with Gasteiger partial charge in [-0.1, -0.05) is 19.3 Å². The number of carbonyl (C=O) groups is 6. The molecule has 1 aliphatic rings. The highest BCUT2D eigenvalue weighted by Crippen LogP contribution is 2.28. The molecule has 1 fully saturated rings. The summed E-state index contributed by atoms with van der Waals surface area (Å²) in [7, 11) is 3.21. The summed E-state index contributed by atoms with van der Waals surface area (Å²) in [5, 5.41) is 24.8. The number of likely N-dealkylation sites (N-methyl/N-ethyl adjacent to an activating group) is 1. The van der Waals surface area contributed by atoms with Crippen molar-refractivity contribution in [1.82, 2.24) is 31.9 Å². The molecule has 0 saturated heterocycles. The average Bonchev–Trinajstić information content (AvgIpc) is 2.84. The molecule has 0 spiro atoms. The van der Waals surface area contributed by atoms with Crippen molar-refractivity contribution in [3.63, 3.8) is 0 Å². The van der Waals surface area contributed by atoms with Gasteiger partial charge >= 0.3 is 5.97 Å². The smallest absolute Gasteiger partial charge is 0.305 e. The summed E-state index contributed by atoms with van der Waals surface area (Å²) < 4.78 is 0. The summed E-state index contributed by atoms with van der Waals surface area (Å²) in [6.07, 6.45) is 4.08. The molecular formula is C22H38N6O7. The van der Waals surface area contributed by atoms with Crippen LogP contribution in [-0.4, -0.2) is 92.3 Å². The van der Waals surface area contributed by atoms with Crippen LogP contribution in [0.2, 0.25) is 0 Å². The molecule has 13 heteroatoms. The molecule has 0 aromatic carbocycles. The Kier molecular flexibility index (Phi) is 13.5. The summed E-state index contributed by atoms with van der Waals surface area (Å²) in [5.74, 6) is -3.39. The van der Waals surface area contributed by atoms with Crippen molar-refractivity contribution in [2.24, 2.45) is 0 Å². The predicted molar refractivity (Wildman–Crippen MR) is 126 cm³/mol. The van der Waals surface area contributed by atoms with Crippen molar-refractivity contribution in [1.29, 1.82) is 0 Å². The lowest BCUT2D eigenvalue weighted by Gasteiger charge is -2.37. The highest BCUT2D eigenvalue weighted by molar-refractivity contribution is 5.96. The maximum absolute atomic E-state index is 13.3. The van der Waals surface area contributed by atoms with E-state index in [9.17, 15) is 28.8 Å². The van der Waals surface area contributed by atoms with Crippen molar-refractivity contribution < 1.29 is 33.9 Å². The van der Waals surface area contributed by atoms with Gasteiger partial charge in [0.25, 0.3) is 0 Å². The molecule has 0 aromatic heterocycles. The van der Waals surface area contributed by atoms with Gasteiger partial charge in [-0.15, -0.1) is 0 Å². The molecule has 0 heterocycles. The quantitative estimate of drug-likeness (QED) is 0.0911. The molecule has 0 aliphatic heterocycles. The molecule has 4 amide bonds. The van der Waals surface area contributed by atoms with Gasteiger partial charge in [-0.2, -0.15) is 0 Å². The second kappa shape index (κ2) is 15.8. The van der Waals surface area contributed by atoms with Gasteiger partial charge in [0, 0.05) is 0 Å². The Labute approximate surface area is 204 Å². The van der Waals surface area contributed by atoms with E-state index < -0.39 is 60.2 Å². The summed E-state index contributed by atoms with van der Waals surface area (Å²) in [6, 6.07) is -1.88. The lowest BCUT2D eigenvalue weighted by molar-refractivity contribution is -0.140. The summed E-state index contributed by atoms with van der Waals surface area (Å²) in [5.41, 5.74) is -1.24. The van der Waals surface area contributed by atoms with E-state index in [1.807, 2.05) is 0 Å². The monoisotopic (exact) mass is 498 g/mol. The van der Waals surface area contributed by atoms with E-state index in [1.165, 1.54) is 7.05 Å². The average molecular weight is 499 g/mol. The van der Waals surface area contributed by atoms with Crippen LogP contribution in [0.3, 0.4) is 0 Å². The molecule has 0 aromatic rings. The van der Waals surface area contributed by atoms with Gasteiger partial charge in [-0.25, -0.2) is 0 Å². The number of carboxylic acids is 1. The summed E-state index contributed by atoms with van der Waals surface area (Å²) >= 11 is 0. The zero-order chi connectivity index (χ0) is 26.3. The number of amides is 4. The van der Waals surface area contributed by atoms with E-state index in [2.05, 4.69) is 31.9 Å². The first kappa shape index (κ1) is 30.0. The van der Waals surface area contributed by atoms with Crippen molar-refractivity contribution in [2.75, 3.05) is 33.7 Å². The van der Waals surface area contributed by atoms with Crippen molar-refractivity contribution in [3.05, 3.63) is 0 Å². The van der Waals surface area contributed by atoms with Crippen LogP contribution in [0.5, 0.6) is 0 Å². The van der Waals surface area contributed by atoms with Crippen molar-refractivity contribution >= 4 is 35.9 Å². The fourth-order valence-electron chi connectivity index (χ4n) is 3.98. The first-order chi connectivity index (χ1) is 16.7. The normalized spacial score (nSPS) is 16.3. The topological polar surface area (TPSA) is 195 Å². The zero-order valence-corrected chi connectivity index (χ0v) is 20.4. The number of aldehydes is 1. The summed E-state index contributed by atoms with van der Waals surface area (Å²) in [6.45, 7) is 0.0236. The molecule has 0 radical (unpaired) electrons. The van der Waals surface area contributed by atoms with E-state index in [1.54, 1.807) is 7.05 Å². The van der Waals surface area contributed by atoms with E-state index in [-0.39, 0.29) is 6.54 Å². The lowest BCUT2D eigenvalue weighted by atomic mass is 9.80. The third kappa shape index (κ3) is 10.4. The molecule has 1 rings (SSSR count). The first-order valence-electron chi connectivity index (χ1n) is 11.8. The van der Waals surface area contributed by atoms with Gasteiger partial charge < -0.3 is 41.8 Å². The number of carboxylic acid groups (broad SMARTS) is 1. The molecule has 2 unspecified atom stereocenters. The largest absolute Gasteiger partial charge is 0.481 e. The van der Waals surface area contributed by atoms with Crippen LogP contribution in [0.15, 0.2) is 0 Å². The minimum atomic E-state index is -1.24. The molecular weight excluding hydrogens is 460 g/mol. The Morgan fingerprint density at radius 2 is 1.63 bits per heavy atom. The zero-order valence-electron chi connectivity index (χ0n) is 20.4. The Morgan fingerprint density at radius 3 is 2.20 bits per heavy atom. The van der Waals surface area contributed by atoms with Crippen LogP contribution in [0.4, 0.5) is 0 Å². The van der Waals surface area contributed by atoms with Crippen molar-refractivity contribution in [2.45, 2.75) is 69.0 Å². The number of rotatable bonds is 16. The first-order valence-corrected chi connectivity index (χ1v) is 11.8. The second-order valence-electron chi connectivity index (χ2n) is 8.53. The maximum atomic E-state index is 13.3. The van der Waals surface area contributed by atoms with Crippen LogP contribution in [0.25, 0.3) is 0 Å². The standard InChI is InChI=1S/C22H38N6O7/c1-23-10-6-7-15(19(33)25-11-12-29)27-21(35)22(8-4-3-5-9-22)28-17(30)14-26-20(34)16(24-2)13-18(31)32/h12,15-16,23-24H,3-11,13-14H2,1-2H3,(H,25,33)(H,26,34)(H,27,35)(H,28,30)(H,31,32). The fourth-order valence-corrected chi connectivity index (χ4v) is 3.98.